The van der Waals surface area contributed by atoms with Gasteiger partial charge in [0.1, 0.15) is 12.4 Å². The van der Waals surface area contributed by atoms with Crippen molar-refractivity contribution >= 4 is 21.6 Å². The molecule has 0 aromatic heterocycles. The second kappa shape index (κ2) is 10.5. The van der Waals surface area contributed by atoms with Crippen LogP contribution < -0.4 is 14.4 Å². The van der Waals surface area contributed by atoms with Gasteiger partial charge in [-0.05, 0) is 62.9 Å². The molecule has 164 valence electrons. The Bertz CT molecular complexity index is 987. The van der Waals surface area contributed by atoms with Crippen LogP contribution in [0.4, 0.5) is 5.69 Å². The molecular formula is C23H32N2O4S. The number of nitrogens with zero attached hydrogens (tertiary/aromatic N) is 1. The third kappa shape index (κ3) is 7.06. The summed E-state index contributed by atoms with van der Waals surface area (Å²) in [4.78, 5) is 12.1. The molecule has 0 aliphatic heterocycles. The predicted octanol–water partition coefficient (Wildman–Crippen LogP) is 3.66. The van der Waals surface area contributed by atoms with Gasteiger partial charge in [0.2, 0.25) is 15.9 Å². The van der Waals surface area contributed by atoms with Crippen LogP contribution in [0.15, 0.2) is 36.4 Å². The van der Waals surface area contributed by atoms with Crippen molar-refractivity contribution in [3.63, 3.8) is 0 Å². The molecule has 6 nitrogen and oxygen atoms in total. The van der Waals surface area contributed by atoms with E-state index in [1.165, 1.54) is 16.1 Å². The van der Waals surface area contributed by atoms with Crippen molar-refractivity contribution in [2.75, 3.05) is 30.3 Å². The topological polar surface area (TPSA) is 75.7 Å². The van der Waals surface area contributed by atoms with Gasteiger partial charge in [0.25, 0.3) is 0 Å². The fourth-order valence-corrected chi connectivity index (χ4v) is 4.25. The normalized spacial score (nSPS) is 11.2. The Hall–Kier alpha value is -2.54. The Kier molecular flexibility index (Phi) is 8.29. The van der Waals surface area contributed by atoms with Crippen LogP contribution in [0.2, 0.25) is 0 Å². The zero-order valence-electron chi connectivity index (χ0n) is 18.5. The van der Waals surface area contributed by atoms with Gasteiger partial charge in [0.15, 0.2) is 0 Å². The molecular weight excluding hydrogens is 400 g/mol. The van der Waals surface area contributed by atoms with E-state index in [0.29, 0.717) is 25.3 Å². The maximum atomic E-state index is 12.3. The van der Waals surface area contributed by atoms with Crippen LogP contribution in [-0.2, 0) is 14.8 Å². The highest BCUT2D eigenvalue weighted by molar-refractivity contribution is 7.92. The number of benzene rings is 2. The maximum Gasteiger partial charge on any atom is 0.232 e. The van der Waals surface area contributed by atoms with Crippen LogP contribution in [0, 0.1) is 27.7 Å². The third-order valence-electron chi connectivity index (χ3n) is 4.81. The lowest BCUT2D eigenvalue weighted by Crippen LogP contribution is -2.33. The Labute approximate surface area is 180 Å². The number of carbonyl (C=O) groups is 1. The molecule has 7 heteroatoms. The van der Waals surface area contributed by atoms with E-state index in [2.05, 4.69) is 11.4 Å². The van der Waals surface area contributed by atoms with Gasteiger partial charge < -0.3 is 10.1 Å². The number of anilines is 1. The van der Waals surface area contributed by atoms with E-state index in [4.69, 9.17) is 4.74 Å². The quantitative estimate of drug-likeness (QED) is 0.582. The van der Waals surface area contributed by atoms with Crippen LogP contribution in [0.3, 0.4) is 0 Å². The minimum absolute atomic E-state index is 0.117. The molecule has 0 bridgehead atoms. The molecule has 1 N–H and O–H groups in total. The predicted molar refractivity (Wildman–Crippen MR) is 122 cm³/mol. The van der Waals surface area contributed by atoms with Crippen molar-refractivity contribution in [1.29, 1.82) is 0 Å². The van der Waals surface area contributed by atoms with E-state index in [1.54, 1.807) is 0 Å². The zero-order chi connectivity index (χ0) is 22.3. The fraction of sp³-hybridized carbons (Fsp3) is 0.435. The molecule has 2 rings (SSSR count). The van der Waals surface area contributed by atoms with Crippen LogP contribution in [0.5, 0.6) is 5.75 Å². The van der Waals surface area contributed by atoms with Crippen molar-refractivity contribution in [2.45, 2.75) is 40.5 Å². The van der Waals surface area contributed by atoms with E-state index in [1.807, 2.05) is 58.0 Å². The van der Waals surface area contributed by atoms with E-state index in [0.717, 1.165) is 22.4 Å². The summed E-state index contributed by atoms with van der Waals surface area (Å²) in [6.45, 7) is 8.88. The highest BCUT2D eigenvalue weighted by Gasteiger charge is 2.19. The molecule has 1 amide bonds. The number of hydrogen-bond acceptors (Lipinski definition) is 4. The molecule has 0 aliphatic rings. The minimum Gasteiger partial charge on any atom is -0.491 e. The second-order valence-electron chi connectivity index (χ2n) is 7.70. The SMILES string of the molecule is Cc1ccc(OCCNC(=O)CCCN(c2cc(C)ccc2C)S(C)(=O)=O)c(C)c1. The molecule has 0 heterocycles. The summed E-state index contributed by atoms with van der Waals surface area (Å²) in [5.74, 6) is 0.695. The van der Waals surface area contributed by atoms with E-state index in [9.17, 15) is 13.2 Å². The summed E-state index contributed by atoms with van der Waals surface area (Å²) >= 11 is 0. The van der Waals surface area contributed by atoms with Gasteiger partial charge in [-0.1, -0.05) is 29.8 Å². The monoisotopic (exact) mass is 432 g/mol. The van der Waals surface area contributed by atoms with E-state index >= 15 is 0 Å². The van der Waals surface area contributed by atoms with Crippen molar-refractivity contribution in [3.05, 3.63) is 58.7 Å². The molecule has 0 saturated heterocycles. The van der Waals surface area contributed by atoms with Gasteiger partial charge >= 0.3 is 0 Å². The van der Waals surface area contributed by atoms with E-state index < -0.39 is 10.0 Å². The summed E-state index contributed by atoms with van der Waals surface area (Å²) in [5.41, 5.74) is 4.79. The summed E-state index contributed by atoms with van der Waals surface area (Å²) in [6, 6.07) is 11.7. The van der Waals surface area contributed by atoms with Gasteiger partial charge in [0, 0.05) is 13.0 Å². The first-order valence-electron chi connectivity index (χ1n) is 10.1. The second-order valence-corrected chi connectivity index (χ2v) is 9.60. The summed E-state index contributed by atoms with van der Waals surface area (Å²) in [6.07, 6.45) is 1.88. The molecule has 0 unspecified atom stereocenters. The van der Waals surface area contributed by atoms with Crippen LogP contribution in [0.1, 0.15) is 35.1 Å². The van der Waals surface area contributed by atoms with Crippen LogP contribution >= 0.6 is 0 Å². The van der Waals surface area contributed by atoms with Gasteiger partial charge in [-0.15, -0.1) is 0 Å². The summed E-state index contributed by atoms with van der Waals surface area (Å²) < 4.78 is 31.6. The standard InChI is InChI=1S/C23H32N2O4S/c1-17-9-11-22(20(4)15-17)29-14-12-24-23(26)7-6-13-25(30(5,27)28)21-16-18(2)8-10-19(21)3/h8-11,15-16H,6-7,12-14H2,1-5H3,(H,24,26). The highest BCUT2D eigenvalue weighted by Crippen LogP contribution is 2.24. The number of aryl methyl sites for hydroxylation is 4. The number of sulfonamides is 1. The van der Waals surface area contributed by atoms with E-state index in [-0.39, 0.29) is 18.9 Å². The number of nitrogens with one attached hydrogen (secondary N) is 1. The molecule has 0 spiro atoms. The molecule has 0 aliphatic carbocycles. The number of carbonyl (C=O) groups excluding carboxylic acids is 1. The van der Waals surface area contributed by atoms with Crippen molar-refractivity contribution in [3.8, 4) is 5.75 Å². The lowest BCUT2D eigenvalue weighted by molar-refractivity contribution is -0.121. The van der Waals surface area contributed by atoms with Crippen molar-refractivity contribution in [1.82, 2.24) is 5.32 Å². The van der Waals surface area contributed by atoms with Crippen molar-refractivity contribution in [2.24, 2.45) is 0 Å². The molecule has 0 fully saturated rings. The fourth-order valence-electron chi connectivity index (χ4n) is 3.24. The molecule has 30 heavy (non-hydrogen) atoms. The number of rotatable bonds is 10. The zero-order valence-corrected chi connectivity index (χ0v) is 19.3. The first kappa shape index (κ1) is 23.7. The number of amides is 1. The largest absolute Gasteiger partial charge is 0.491 e. The third-order valence-corrected chi connectivity index (χ3v) is 5.99. The Morgan fingerprint density at radius 1 is 1.00 bits per heavy atom. The molecule has 0 radical (unpaired) electrons. The Morgan fingerprint density at radius 3 is 2.33 bits per heavy atom. The molecule has 0 saturated carbocycles. The first-order chi connectivity index (χ1) is 14.1. The van der Waals surface area contributed by atoms with Crippen molar-refractivity contribution < 1.29 is 17.9 Å². The van der Waals surface area contributed by atoms with Crippen LogP contribution in [0.25, 0.3) is 0 Å². The highest BCUT2D eigenvalue weighted by atomic mass is 32.2. The summed E-state index contributed by atoms with van der Waals surface area (Å²) in [5, 5.41) is 2.82. The Balaban J connectivity index is 1.81. The number of hydrogen-bond donors (Lipinski definition) is 1. The Morgan fingerprint density at radius 2 is 1.67 bits per heavy atom. The van der Waals surface area contributed by atoms with Gasteiger partial charge in [-0.3, -0.25) is 9.10 Å². The minimum atomic E-state index is -3.43. The van der Waals surface area contributed by atoms with Gasteiger partial charge in [-0.25, -0.2) is 8.42 Å². The molecule has 2 aromatic carbocycles. The summed E-state index contributed by atoms with van der Waals surface area (Å²) in [7, 11) is -3.43. The number of ether oxygens (including phenoxy) is 1. The average molecular weight is 433 g/mol. The van der Waals surface area contributed by atoms with Gasteiger partial charge in [-0.2, -0.15) is 0 Å². The van der Waals surface area contributed by atoms with Crippen LogP contribution in [-0.4, -0.2) is 40.3 Å². The smallest absolute Gasteiger partial charge is 0.232 e. The lowest BCUT2D eigenvalue weighted by Gasteiger charge is -2.24. The maximum absolute atomic E-state index is 12.3. The van der Waals surface area contributed by atoms with Gasteiger partial charge in [0.05, 0.1) is 18.5 Å². The molecule has 2 aromatic rings. The average Bonchev–Trinajstić information content (AvgIpc) is 2.65. The first-order valence-corrected chi connectivity index (χ1v) is 11.9. The molecule has 0 atom stereocenters. The lowest BCUT2D eigenvalue weighted by atomic mass is 10.1.